The molecule has 0 amide bonds. The molecule has 108 valence electrons. The third kappa shape index (κ3) is 3.62. The summed E-state index contributed by atoms with van der Waals surface area (Å²) in [5.74, 6) is -2.30. The van der Waals surface area contributed by atoms with Crippen LogP contribution < -0.4 is 4.72 Å². The molecule has 0 aliphatic carbocycles. The van der Waals surface area contributed by atoms with Crippen molar-refractivity contribution in [3.8, 4) is 0 Å². The summed E-state index contributed by atoms with van der Waals surface area (Å²) in [5.41, 5.74) is 0. The molecule has 2 aromatic rings. The van der Waals surface area contributed by atoms with Crippen molar-refractivity contribution in [2.45, 2.75) is 11.4 Å². The number of sulfonamides is 1. The highest BCUT2D eigenvalue weighted by Crippen LogP contribution is 2.13. The average molecular weight is 366 g/mol. The third-order valence-corrected chi connectivity index (χ3v) is 4.30. The van der Waals surface area contributed by atoms with Crippen molar-refractivity contribution < 1.29 is 17.2 Å². The molecule has 1 aromatic carbocycles. The van der Waals surface area contributed by atoms with E-state index in [9.17, 15) is 17.2 Å². The summed E-state index contributed by atoms with van der Waals surface area (Å²) in [7, 11) is -3.87. The molecule has 0 aliphatic heterocycles. The van der Waals surface area contributed by atoms with E-state index >= 15 is 0 Å². The molecule has 0 saturated carbocycles. The third-order valence-electron chi connectivity index (χ3n) is 2.44. The van der Waals surface area contributed by atoms with Gasteiger partial charge in [0.1, 0.15) is 0 Å². The molecule has 0 radical (unpaired) electrons. The number of hydrogen-bond acceptors (Lipinski definition) is 3. The topological polar surface area (TPSA) is 64.0 Å². The van der Waals surface area contributed by atoms with Crippen LogP contribution in [0, 0.1) is 11.6 Å². The van der Waals surface area contributed by atoms with Gasteiger partial charge in [-0.1, -0.05) is 0 Å². The Morgan fingerprint density at radius 1 is 1.30 bits per heavy atom. The van der Waals surface area contributed by atoms with Crippen LogP contribution in [0.4, 0.5) is 8.78 Å². The standard InChI is InChI=1S/C11H10BrF2N3O2S/c12-8-6-15-17(7-8)4-3-16-20(18,19)9-1-2-10(13)11(14)5-9/h1-2,5-7,16H,3-4H2. The fourth-order valence-electron chi connectivity index (χ4n) is 1.48. The van der Waals surface area contributed by atoms with Crippen molar-refractivity contribution in [1.82, 2.24) is 14.5 Å². The highest BCUT2D eigenvalue weighted by molar-refractivity contribution is 9.10. The molecule has 1 heterocycles. The predicted molar refractivity (Wildman–Crippen MR) is 71.5 cm³/mol. The lowest BCUT2D eigenvalue weighted by atomic mass is 10.3. The summed E-state index contributed by atoms with van der Waals surface area (Å²) in [4.78, 5) is -0.321. The molecule has 0 fully saturated rings. The Bertz CT molecular complexity index is 718. The van der Waals surface area contributed by atoms with Crippen molar-refractivity contribution in [3.63, 3.8) is 0 Å². The fourth-order valence-corrected chi connectivity index (χ4v) is 2.84. The first-order chi connectivity index (χ1) is 9.38. The van der Waals surface area contributed by atoms with Crippen molar-refractivity contribution in [1.29, 1.82) is 0 Å². The van der Waals surface area contributed by atoms with Crippen molar-refractivity contribution in [3.05, 3.63) is 46.7 Å². The van der Waals surface area contributed by atoms with Crippen LogP contribution in [0.2, 0.25) is 0 Å². The molecular weight excluding hydrogens is 356 g/mol. The van der Waals surface area contributed by atoms with Gasteiger partial charge in [0, 0.05) is 12.7 Å². The molecule has 1 aromatic heterocycles. The Morgan fingerprint density at radius 3 is 2.65 bits per heavy atom. The number of nitrogens with zero attached hydrogens (tertiary/aromatic N) is 2. The van der Waals surface area contributed by atoms with Crippen LogP contribution in [0.5, 0.6) is 0 Å². The maximum Gasteiger partial charge on any atom is 0.240 e. The molecule has 2 rings (SSSR count). The molecule has 0 unspecified atom stereocenters. The smallest absolute Gasteiger partial charge is 0.240 e. The Hall–Kier alpha value is -1.32. The SMILES string of the molecule is O=S(=O)(NCCn1cc(Br)cn1)c1ccc(F)c(F)c1. The summed E-state index contributed by atoms with van der Waals surface area (Å²) < 4.78 is 54.1. The number of benzene rings is 1. The number of hydrogen-bond donors (Lipinski definition) is 1. The second-order valence-corrected chi connectivity index (χ2v) is 6.58. The van der Waals surface area contributed by atoms with Gasteiger partial charge in [0.15, 0.2) is 11.6 Å². The minimum Gasteiger partial charge on any atom is -0.270 e. The molecule has 0 bridgehead atoms. The molecule has 5 nitrogen and oxygen atoms in total. The molecule has 1 N–H and O–H groups in total. The molecule has 0 spiro atoms. The maximum absolute atomic E-state index is 13.0. The molecular formula is C11H10BrF2N3O2S. The van der Waals surface area contributed by atoms with E-state index in [-0.39, 0.29) is 11.4 Å². The largest absolute Gasteiger partial charge is 0.270 e. The highest BCUT2D eigenvalue weighted by atomic mass is 79.9. The zero-order chi connectivity index (χ0) is 14.8. The van der Waals surface area contributed by atoms with Gasteiger partial charge < -0.3 is 0 Å². The molecule has 9 heteroatoms. The average Bonchev–Trinajstić information content (AvgIpc) is 2.78. The fraction of sp³-hybridized carbons (Fsp3) is 0.182. The van der Waals surface area contributed by atoms with E-state index in [4.69, 9.17) is 0 Å². The quantitative estimate of drug-likeness (QED) is 0.879. The normalized spacial score (nSPS) is 11.8. The predicted octanol–water partition coefficient (Wildman–Crippen LogP) is 1.90. The Morgan fingerprint density at radius 2 is 2.05 bits per heavy atom. The minimum absolute atomic E-state index is 0.0788. The Balaban J connectivity index is 2.02. The lowest BCUT2D eigenvalue weighted by Gasteiger charge is -2.07. The van der Waals surface area contributed by atoms with Crippen LogP contribution >= 0.6 is 15.9 Å². The first kappa shape index (κ1) is 15.1. The van der Waals surface area contributed by atoms with Crippen LogP contribution in [0.15, 0.2) is 40.0 Å². The summed E-state index contributed by atoms with van der Waals surface area (Å²) in [5, 5.41) is 3.96. The number of aromatic nitrogens is 2. The van der Waals surface area contributed by atoms with Gasteiger partial charge in [0.25, 0.3) is 0 Å². The molecule has 0 saturated heterocycles. The van der Waals surface area contributed by atoms with E-state index in [0.29, 0.717) is 12.6 Å². The van der Waals surface area contributed by atoms with Gasteiger partial charge in [-0.2, -0.15) is 5.10 Å². The van der Waals surface area contributed by atoms with Gasteiger partial charge in [0.05, 0.1) is 22.1 Å². The first-order valence-corrected chi connectivity index (χ1v) is 7.79. The summed E-state index contributed by atoms with van der Waals surface area (Å²) in [6, 6.07) is 2.42. The van der Waals surface area contributed by atoms with Crippen molar-refractivity contribution in [2.75, 3.05) is 6.54 Å². The summed E-state index contributed by atoms with van der Waals surface area (Å²) in [6.45, 7) is 0.393. The first-order valence-electron chi connectivity index (χ1n) is 5.51. The van der Waals surface area contributed by atoms with Crippen molar-refractivity contribution in [2.24, 2.45) is 0 Å². The van der Waals surface area contributed by atoms with Gasteiger partial charge in [-0.15, -0.1) is 0 Å². The second-order valence-electron chi connectivity index (χ2n) is 3.90. The zero-order valence-electron chi connectivity index (χ0n) is 10.1. The van der Waals surface area contributed by atoms with Gasteiger partial charge in [-0.25, -0.2) is 21.9 Å². The van der Waals surface area contributed by atoms with E-state index in [1.165, 1.54) is 4.68 Å². The van der Waals surface area contributed by atoms with E-state index in [2.05, 4.69) is 25.8 Å². The summed E-state index contributed by atoms with van der Waals surface area (Å²) >= 11 is 3.22. The number of halogens is 3. The van der Waals surface area contributed by atoms with Crippen LogP contribution in [-0.2, 0) is 16.6 Å². The summed E-state index contributed by atoms with van der Waals surface area (Å²) in [6.07, 6.45) is 3.26. The highest BCUT2D eigenvalue weighted by Gasteiger charge is 2.15. The zero-order valence-corrected chi connectivity index (χ0v) is 12.5. The monoisotopic (exact) mass is 365 g/mol. The van der Waals surface area contributed by atoms with E-state index in [1.807, 2.05) is 0 Å². The minimum atomic E-state index is -3.87. The van der Waals surface area contributed by atoms with E-state index in [1.54, 1.807) is 12.4 Å². The van der Waals surface area contributed by atoms with E-state index in [0.717, 1.165) is 16.6 Å². The van der Waals surface area contributed by atoms with Crippen LogP contribution in [0.25, 0.3) is 0 Å². The molecule has 0 atom stereocenters. The number of rotatable bonds is 5. The van der Waals surface area contributed by atoms with Gasteiger partial charge in [-0.3, -0.25) is 4.68 Å². The second kappa shape index (κ2) is 5.98. The van der Waals surface area contributed by atoms with Gasteiger partial charge in [0.2, 0.25) is 10.0 Å². The van der Waals surface area contributed by atoms with Crippen molar-refractivity contribution >= 4 is 26.0 Å². The van der Waals surface area contributed by atoms with Gasteiger partial charge >= 0.3 is 0 Å². The lowest BCUT2D eigenvalue weighted by molar-refractivity contribution is 0.503. The van der Waals surface area contributed by atoms with E-state index < -0.39 is 21.7 Å². The Labute approximate surface area is 122 Å². The Kier molecular flexibility index (Phi) is 4.51. The van der Waals surface area contributed by atoms with Crippen LogP contribution in [0.3, 0.4) is 0 Å². The lowest BCUT2D eigenvalue weighted by Crippen LogP contribution is -2.27. The maximum atomic E-state index is 13.0. The van der Waals surface area contributed by atoms with Gasteiger partial charge in [-0.05, 0) is 34.1 Å². The number of nitrogens with one attached hydrogen (secondary N) is 1. The molecule has 20 heavy (non-hydrogen) atoms. The van der Waals surface area contributed by atoms with Crippen LogP contribution in [-0.4, -0.2) is 24.7 Å². The molecule has 0 aliphatic rings. The van der Waals surface area contributed by atoms with Crippen LogP contribution in [0.1, 0.15) is 0 Å².